The van der Waals surface area contributed by atoms with Crippen molar-refractivity contribution in [3.8, 4) is 0 Å². The van der Waals surface area contributed by atoms with Crippen molar-refractivity contribution in [2.45, 2.75) is 52.1 Å². The molecule has 0 unspecified atom stereocenters. The maximum absolute atomic E-state index is 12.7. The molecule has 0 atom stereocenters. The summed E-state index contributed by atoms with van der Waals surface area (Å²) in [5, 5.41) is 14.1. The SMILES string of the molecule is CC(C)OC(=O)c1c(NC(=O)/C=C/c2ccc([N+](=O)[O-])cc2)sc2c1CCCCC2. The number of hydrogen-bond acceptors (Lipinski definition) is 6. The first-order valence-corrected chi connectivity index (χ1v) is 10.8. The topological polar surface area (TPSA) is 98.5 Å². The molecular weight excluding hydrogens is 404 g/mol. The minimum absolute atomic E-state index is 0.00927. The summed E-state index contributed by atoms with van der Waals surface area (Å²) in [5.41, 5.74) is 2.13. The number of non-ortho nitro benzene ring substituents is 1. The molecule has 0 bridgehead atoms. The van der Waals surface area contributed by atoms with Crippen molar-refractivity contribution < 1.29 is 19.2 Å². The van der Waals surface area contributed by atoms with Crippen LogP contribution in [-0.4, -0.2) is 22.9 Å². The Hall–Kier alpha value is -3.00. The molecule has 0 saturated carbocycles. The Bertz CT molecular complexity index is 976. The number of aryl methyl sites for hydroxylation is 1. The fourth-order valence-corrected chi connectivity index (χ4v) is 4.63. The van der Waals surface area contributed by atoms with E-state index in [4.69, 9.17) is 4.74 Å². The van der Waals surface area contributed by atoms with Gasteiger partial charge in [0.25, 0.3) is 5.69 Å². The highest BCUT2D eigenvalue weighted by atomic mass is 32.1. The molecule has 1 aromatic heterocycles. The van der Waals surface area contributed by atoms with E-state index in [9.17, 15) is 19.7 Å². The Labute approximate surface area is 178 Å². The first-order valence-electron chi connectivity index (χ1n) is 9.94. The number of carbonyl (C=O) groups is 2. The highest BCUT2D eigenvalue weighted by molar-refractivity contribution is 7.17. The van der Waals surface area contributed by atoms with Gasteiger partial charge in [0.05, 0.1) is 16.6 Å². The lowest BCUT2D eigenvalue weighted by molar-refractivity contribution is -0.384. The number of rotatable bonds is 6. The van der Waals surface area contributed by atoms with E-state index < -0.39 is 10.9 Å². The zero-order chi connectivity index (χ0) is 21.7. The van der Waals surface area contributed by atoms with Gasteiger partial charge in [0.15, 0.2) is 0 Å². The standard InChI is InChI=1S/C22H24N2O5S/c1-14(2)29-22(26)20-17-6-4-3-5-7-18(17)30-21(20)23-19(25)13-10-15-8-11-16(12-9-15)24(27)28/h8-14H,3-7H2,1-2H3,(H,23,25)/b13-10+. The number of carbonyl (C=O) groups excluding carboxylic acids is 2. The molecule has 1 amide bonds. The minimum Gasteiger partial charge on any atom is -0.459 e. The molecule has 0 spiro atoms. The van der Waals surface area contributed by atoms with Crippen molar-refractivity contribution in [3.63, 3.8) is 0 Å². The molecule has 1 aliphatic rings. The van der Waals surface area contributed by atoms with Crippen molar-refractivity contribution in [3.05, 3.63) is 62.0 Å². The predicted molar refractivity (Wildman–Crippen MR) is 117 cm³/mol. The van der Waals surface area contributed by atoms with E-state index in [0.29, 0.717) is 16.1 Å². The average molecular weight is 429 g/mol. The molecule has 1 heterocycles. The second kappa shape index (κ2) is 9.67. The number of anilines is 1. The maximum Gasteiger partial charge on any atom is 0.341 e. The monoisotopic (exact) mass is 428 g/mol. The van der Waals surface area contributed by atoms with E-state index in [1.807, 2.05) is 0 Å². The van der Waals surface area contributed by atoms with Crippen molar-refractivity contribution in [2.24, 2.45) is 0 Å². The number of benzene rings is 1. The quantitative estimate of drug-likeness (QED) is 0.226. The van der Waals surface area contributed by atoms with Gasteiger partial charge in [-0.05, 0) is 68.9 Å². The molecule has 30 heavy (non-hydrogen) atoms. The number of nitrogens with zero attached hydrogens (tertiary/aromatic N) is 1. The van der Waals surface area contributed by atoms with Crippen LogP contribution in [0.15, 0.2) is 30.3 Å². The summed E-state index contributed by atoms with van der Waals surface area (Å²) in [7, 11) is 0. The number of ether oxygens (including phenoxy) is 1. The molecule has 1 N–H and O–H groups in total. The van der Waals surface area contributed by atoms with Gasteiger partial charge in [-0.3, -0.25) is 14.9 Å². The highest BCUT2D eigenvalue weighted by Crippen LogP contribution is 2.38. The van der Waals surface area contributed by atoms with E-state index in [0.717, 1.165) is 42.5 Å². The molecule has 1 aliphatic carbocycles. The predicted octanol–water partition coefficient (Wildman–Crippen LogP) is 5.14. The van der Waals surface area contributed by atoms with Crippen LogP contribution in [0, 0.1) is 10.1 Å². The fraction of sp³-hybridized carbons (Fsp3) is 0.364. The number of nitro benzene ring substituents is 1. The normalized spacial score (nSPS) is 13.7. The summed E-state index contributed by atoms with van der Waals surface area (Å²) in [6, 6.07) is 5.91. The lowest BCUT2D eigenvalue weighted by Crippen LogP contribution is -2.16. The molecule has 2 aromatic rings. The van der Waals surface area contributed by atoms with E-state index in [2.05, 4.69) is 5.32 Å². The number of hydrogen-bond donors (Lipinski definition) is 1. The molecule has 1 aromatic carbocycles. The van der Waals surface area contributed by atoms with Gasteiger partial charge in [-0.25, -0.2) is 4.79 Å². The van der Waals surface area contributed by atoms with Gasteiger partial charge in [0.1, 0.15) is 5.00 Å². The third kappa shape index (κ3) is 5.33. The smallest absolute Gasteiger partial charge is 0.341 e. The van der Waals surface area contributed by atoms with E-state index in [-0.39, 0.29) is 17.7 Å². The van der Waals surface area contributed by atoms with Crippen LogP contribution in [0.3, 0.4) is 0 Å². The molecule has 0 fully saturated rings. The van der Waals surface area contributed by atoms with Crippen LogP contribution < -0.4 is 5.32 Å². The number of thiophene rings is 1. The molecule has 8 heteroatoms. The maximum atomic E-state index is 12.7. The van der Waals surface area contributed by atoms with E-state index >= 15 is 0 Å². The highest BCUT2D eigenvalue weighted by Gasteiger charge is 2.27. The average Bonchev–Trinajstić information content (AvgIpc) is 2.86. The summed E-state index contributed by atoms with van der Waals surface area (Å²) >= 11 is 1.44. The van der Waals surface area contributed by atoms with Gasteiger partial charge in [-0.1, -0.05) is 6.42 Å². The fourth-order valence-electron chi connectivity index (χ4n) is 3.35. The van der Waals surface area contributed by atoms with Crippen LogP contribution in [0.4, 0.5) is 10.7 Å². The summed E-state index contributed by atoms with van der Waals surface area (Å²) in [6.45, 7) is 3.60. The van der Waals surface area contributed by atoms with Gasteiger partial charge >= 0.3 is 5.97 Å². The lowest BCUT2D eigenvalue weighted by Gasteiger charge is -2.11. The Morgan fingerprint density at radius 2 is 1.87 bits per heavy atom. The van der Waals surface area contributed by atoms with E-state index in [1.54, 1.807) is 32.1 Å². The first-order chi connectivity index (χ1) is 14.3. The summed E-state index contributed by atoms with van der Waals surface area (Å²) < 4.78 is 5.43. The third-order valence-corrected chi connectivity index (χ3v) is 5.94. The van der Waals surface area contributed by atoms with Gasteiger partial charge in [-0.2, -0.15) is 0 Å². The second-order valence-electron chi connectivity index (χ2n) is 7.39. The van der Waals surface area contributed by atoms with Crippen molar-refractivity contribution in [2.75, 3.05) is 5.32 Å². The Kier molecular flexibility index (Phi) is 6.99. The summed E-state index contributed by atoms with van der Waals surface area (Å²) in [6.07, 6.45) is 7.59. The summed E-state index contributed by atoms with van der Waals surface area (Å²) in [5.74, 6) is -0.776. The molecular formula is C22H24N2O5S. The Balaban J connectivity index is 1.80. The molecule has 0 aliphatic heterocycles. The van der Waals surface area contributed by atoms with Gasteiger partial charge in [0.2, 0.25) is 5.91 Å². The van der Waals surface area contributed by atoms with Gasteiger partial charge in [0, 0.05) is 23.1 Å². The molecule has 158 valence electrons. The molecule has 0 saturated heterocycles. The second-order valence-corrected chi connectivity index (χ2v) is 8.50. The number of fused-ring (bicyclic) bond motifs is 1. The molecule has 0 radical (unpaired) electrons. The number of nitrogens with one attached hydrogen (secondary N) is 1. The van der Waals surface area contributed by atoms with Crippen LogP contribution >= 0.6 is 11.3 Å². The van der Waals surface area contributed by atoms with Crippen molar-refractivity contribution >= 4 is 40.0 Å². The van der Waals surface area contributed by atoms with E-state index in [1.165, 1.54) is 29.5 Å². The van der Waals surface area contributed by atoms with Crippen molar-refractivity contribution in [1.29, 1.82) is 0 Å². The van der Waals surface area contributed by atoms with Gasteiger partial charge in [-0.15, -0.1) is 11.3 Å². The Morgan fingerprint density at radius 3 is 2.53 bits per heavy atom. The summed E-state index contributed by atoms with van der Waals surface area (Å²) in [4.78, 5) is 36.6. The van der Waals surface area contributed by atoms with Crippen LogP contribution in [0.25, 0.3) is 6.08 Å². The number of nitro groups is 1. The largest absolute Gasteiger partial charge is 0.459 e. The van der Waals surface area contributed by atoms with Crippen LogP contribution in [0.1, 0.15) is 59.5 Å². The third-order valence-electron chi connectivity index (χ3n) is 4.74. The zero-order valence-electron chi connectivity index (χ0n) is 17.0. The first kappa shape index (κ1) is 21.7. The number of esters is 1. The molecule has 7 nitrogen and oxygen atoms in total. The minimum atomic E-state index is -0.473. The molecule has 3 rings (SSSR count). The van der Waals surface area contributed by atoms with Crippen LogP contribution in [0.5, 0.6) is 0 Å². The number of amides is 1. The van der Waals surface area contributed by atoms with Crippen LogP contribution in [-0.2, 0) is 22.4 Å². The zero-order valence-corrected chi connectivity index (χ0v) is 17.8. The van der Waals surface area contributed by atoms with Gasteiger partial charge < -0.3 is 10.1 Å². The van der Waals surface area contributed by atoms with Crippen LogP contribution in [0.2, 0.25) is 0 Å². The van der Waals surface area contributed by atoms with Crippen molar-refractivity contribution in [1.82, 2.24) is 0 Å². The Morgan fingerprint density at radius 1 is 1.17 bits per heavy atom. The lowest BCUT2D eigenvalue weighted by atomic mass is 10.1.